The number of hydrogen-bond acceptors (Lipinski definition) is 4. The number of aryl methyl sites for hydroxylation is 3. The van der Waals surface area contributed by atoms with Gasteiger partial charge in [0.2, 0.25) is 0 Å². The number of carbonyl (C=O) groups is 1. The Kier molecular flexibility index (Phi) is 5.73. The second-order valence-corrected chi connectivity index (χ2v) is 7.84. The molecule has 3 rings (SSSR count). The summed E-state index contributed by atoms with van der Waals surface area (Å²) >= 11 is 1.68. The van der Waals surface area contributed by atoms with Crippen LogP contribution in [0.25, 0.3) is 0 Å². The Morgan fingerprint density at radius 3 is 2.88 bits per heavy atom. The van der Waals surface area contributed by atoms with Crippen LogP contribution in [-0.2, 0) is 32.4 Å². The molecule has 0 aliphatic heterocycles. The number of fused-ring (bicyclic) bond motifs is 1. The lowest BCUT2D eigenvalue weighted by atomic mass is 10.1. The van der Waals surface area contributed by atoms with Crippen molar-refractivity contribution in [2.45, 2.75) is 65.5 Å². The van der Waals surface area contributed by atoms with Gasteiger partial charge in [0.1, 0.15) is 0 Å². The van der Waals surface area contributed by atoms with E-state index >= 15 is 0 Å². The lowest BCUT2D eigenvalue weighted by molar-refractivity contribution is 0.206. The fourth-order valence-electron chi connectivity index (χ4n) is 3.25. The molecule has 2 aromatic heterocycles. The maximum atomic E-state index is 12.4. The van der Waals surface area contributed by atoms with Gasteiger partial charge in [-0.3, -0.25) is 5.10 Å². The van der Waals surface area contributed by atoms with E-state index in [0.717, 1.165) is 40.5 Å². The third-order valence-corrected chi connectivity index (χ3v) is 6.07. The number of nitrogens with one attached hydrogen (secondary N) is 2. The van der Waals surface area contributed by atoms with Gasteiger partial charge in [0.05, 0.1) is 29.5 Å². The van der Waals surface area contributed by atoms with E-state index in [4.69, 9.17) is 0 Å². The SMILES string of the molecule is CCc1nc(C)c(CNC(=O)N(C)Cc2n[nH]c3c2CCCCC3)s1. The molecule has 2 heterocycles. The van der Waals surface area contributed by atoms with Crippen molar-refractivity contribution < 1.29 is 4.79 Å². The van der Waals surface area contributed by atoms with E-state index in [1.807, 2.05) is 14.0 Å². The van der Waals surface area contributed by atoms with E-state index in [2.05, 4.69) is 27.4 Å². The first-order valence-corrected chi connectivity index (χ1v) is 9.89. The first-order valence-electron chi connectivity index (χ1n) is 9.07. The van der Waals surface area contributed by atoms with Crippen LogP contribution in [0.2, 0.25) is 0 Å². The monoisotopic (exact) mass is 361 g/mol. The van der Waals surface area contributed by atoms with Crippen LogP contribution in [0.3, 0.4) is 0 Å². The van der Waals surface area contributed by atoms with Gasteiger partial charge in [-0.25, -0.2) is 9.78 Å². The zero-order valence-electron chi connectivity index (χ0n) is 15.3. The van der Waals surface area contributed by atoms with Crippen LogP contribution >= 0.6 is 11.3 Å². The second-order valence-electron chi connectivity index (χ2n) is 6.67. The molecule has 136 valence electrons. The van der Waals surface area contributed by atoms with E-state index in [0.29, 0.717) is 13.1 Å². The van der Waals surface area contributed by atoms with Crippen molar-refractivity contribution in [3.63, 3.8) is 0 Å². The summed E-state index contributed by atoms with van der Waals surface area (Å²) in [6.45, 7) is 5.17. The van der Waals surface area contributed by atoms with Gasteiger partial charge in [-0.2, -0.15) is 5.10 Å². The van der Waals surface area contributed by atoms with E-state index in [1.54, 1.807) is 16.2 Å². The summed E-state index contributed by atoms with van der Waals surface area (Å²) in [5, 5.41) is 11.7. The number of H-pyrrole nitrogens is 1. The quantitative estimate of drug-likeness (QED) is 0.802. The molecular weight excluding hydrogens is 334 g/mol. The third-order valence-electron chi connectivity index (χ3n) is 4.77. The normalized spacial score (nSPS) is 14.0. The molecule has 2 amide bonds. The zero-order chi connectivity index (χ0) is 17.8. The number of carbonyl (C=O) groups excluding carboxylic acids is 1. The second kappa shape index (κ2) is 7.99. The summed E-state index contributed by atoms with van der Waals surface area (Å²) in [5.74, 6) is 0. The molecule has 25 heavy (non-hydrogen) atoms. The van der Waals surface area contributed by atoms with Crippen molar-refractivity contribution in [3.05, 3.63) is 32.5 Å². The topological polar surface area (TPSA) is 73.9 Å². The summed E-state index contributed by atoms with van der Waals surface area (Å²) in [6.07, 6.45) is 6.77. The molecule has 6 nitrogen and oxygen atoms in total. The van der Waals surface area contributed by atoms with Crippen LogP contribution in [0.1, 0.15) is 58.7 Å². The van der Waals surface area contributed by atoms with Crippen molar-refractivity contribution >= 4 is 17.4 Å². The maximum absolute atomic E-state index is 12.4. The van der Waals surface area contributed by atoms with E-state index in [1.165, 1.54) is 30.5 Å². The first kappa shape index (κ1) is 17.9. The van der Waals surface area contributed by atoms with Gasteiger partial charge in [-0.05, 0) is 44.6 Å². The maximum Gasteiger partial charge on any atom is 0.317 e. The highest BCUT2D eigenvalue weighted by molar-refractivity contribution is 7.11. The summed E-state index contributed by atoms with van der Waals surface area (Å²) in [4.78, 5) is 19.8. The molecule has 0 saturated heterocycles. The number of thiazole rings is 1. The van der Waals surface area contributed by atoms with Crippen LogP contribution in [0.4, 0.5) is 4.79 Å². The van der Waals surface area contributed by atoms with Crippen molar-refractivity contribution in [3.8, 4) is 0 Å². The largest absolute Gasteiger partial charge is 0.333 e. The first-order chi connectivity index (χ1) is 12.1. The van der Waals surface area contributed by atoms with Crippen LogP contribution in [-0.4, -0.2) is 33.2 Å². The number of nitrogens with zero attached hydrogens (tertiary/aromatic N) is 3. The number of amides is 2. The molecule has 0 radical (unpaired) electrons. The smallest absolute Gasteiger partial charge is 0.317 e. The number of aromatic nitrogens is 3. The Balaban J connectivity index is 1.57. The standard InChI is InChI=1S/C18H27N5OS/c1-4-17-20-12(2)16(25-17)10-19-18(24)23(3)11-15-13-8-6-5-7-9-14(13)21-22-15/h4-11H2,1-3H3,(H,19,24)(H,21,22). The molecule has 2 aromatic rings. The Morgan fingerprint density at radius 1 is 1.32 bits per heavy atom. The summed E-state index contributed by atoms with van der Waals surface area (Å²) in [7, 11) is 1.82. The molecule has 0 bridgehead atoms. The van der Waals surface area contributed by atoms with Gasteiger partial charge >= 0.3 is 6.03 Å². The summed E-state index contributed by atoms with van der Waals surface area (Å²) in [5.41, 5.74) is 4.61. The van der Waals surface area contributed by atoms with Gasteiger partial charge in [0.15, 0.2) is 0 Å². The highest BCUT2D eigenvalue weighted by Gasteiger charge is 2.19. The predicted octanol–water partition coefficient (Wildman–Crippen LogP) is 3.35. The summed E-state index contributed by atoms with van der Waals surface area (Å²) in [6, 6.07) is -0.0729. The Morgan fingerprint density at radius 2 is 2.12 bits per heavy atom. The van der Waals surface area contributed by atoms with Crippen molar-refractivity contribution in [1.82, 2.24) is 25.4 Å². The van der Waals surface area contributed by atoms with Crippen LogP contribution < -0.4 is 5.32 Å². The van der Waals surface area contributed by atoms with Gasteiger partial charge in [0, 0.05) is 17.6 Å². The van der Waals surface area contributed by atoms with E-state index in [-0.39, 0.29) is 6.03 Å². The minimum atomic E-state index is -0.0729. The molecule has 0 spiro atoms. The molecule has 0 unspecified atom stereocenters. The highest BCUT2D eigenvalue weighted by atomic mass is 32.1. The molecular formula is C18H27N5OS. The van der Waals surface area contributed by atoms with Crippen molar-refractivity contribution in [2.24, 2.45) is 0 Å². The molecule has 0 saturated carbocycles. The van der Waals surface area contributed by atoms with Gasteiger partial charge in [-0.15, -0.1) is 11.3 Å². The fraction of sp³-hybridized carbons (Fsp3) is 0.611. The Labute approximate surface area is 153 Å². The zero-order valence-corrected chi connectivity index (χ0v) is 16.1. The van der Waals surface area contributed by atoms with Crippen LogP contribution in [0, 0.1) is 6.92 Å². The number of hydrogen-bond donors (Lipinski definition) is 2. The molecule has 1 aliphatic carbocycles. The minimum absolute atomic E-state index is 0.0729. The van der Waals surface area contributed by atoms with Gasteiger partial charge in [0.25, 0.3) is 0 Å². The molecule has 7 heteroatoms. The molecule has 2 N–H and O–H groups in total. The molecule has 0 fully saturated rings. The number of urea groups is 1. The van der Waals surface area contributed by atoms with E-state index < -0.39 is 0 Å². The van der Waals surface area contributed by atoms with E-state index in [9.17, 15) is 4.79 Å². The van der Waals surface area contributed by atoms with Gasteiger partial charge < -0.3 is 10.2 Å². The Hall–Kier alpha value is -1.89. The molecule has 0 aromatic carbocycles. The average Bonchev–Trinajstić information content (AvgIpc) is 3.06. The van der Waals surface area contributed by atoms with Crippen molar-refractivity contribution in [1.29, 1.82) is 0 Å². The molecule has 0 atom stereocenters. The van der Waals surface area contributed by atoms with Crippen LogP contribution in [0.15, 0.2) is 0 Å². The number of aromatic amines is 1. The third kappa shape index (κ3) is 4.21. The highest BCUT2D eigenvalue weighted by Crippen LogP contribution is 2.22. The van der Waals surface area contributed by atoms with Crippen LogP contribution in [0.5, 0.6) is 0 Å². The minimum Gasteiger partial charge on any atom is -0.333 e. The van der Waals surface area contributed by atoms with Gasteiger partial charge in [-0.1, -0.05) is 13.3 Å². The predicted molar refractivity (Wildman–Crippen MR) is 99.8 cm³/mol. The Bertz CT molecular complexity index is 736. The lowest BCUT2D eigenvalue weighted by Crippen LogP contribution is -2.36. The lowest BCUT2D eigenvalue weighted by Gasteiger charge is -2.17. The summed E-state index contributed by atoms with van der Waals surface area (Å²) < 4.78 is 0. The fourth-order valence-corrected chi connectivity index (χ4v) is 4.20. The average molecular weight is 362 g/mol. The number of rotatable bonds is 5. The molecule has 1 aliphatic rings. The van der Waals surface area contributed by atoms with Crippen molar-refractivity contribution in [2.75, 3.05) is 7.05 Å².